The molecule has 4 aromatic rings. The smallest absolute Gasteiger partial charge is 0.259 e. The number of amides is 1. The Morgan fingerprint density at radius 3 is 2.53 bits per heavy atom. The van der Waals surface area contributed by atoms with Crippen molar-refractivity contribution in [2.24, 2.45) is 0 Å². The minimum absolute atomic E-state index is 0.0482. The first-order chi connectivity index (χ1) is 15.3. The van der Waals surface area contributed by atoms with Crippen molar-refractivity contribution in [3.63, 3.8) is 0 Å². The Bertz CT molecular complexity index is 1280. The minimum atomic E-state index is -0.571. The summed E-state index contributed by atoms with van der Waals surface area (Å²) in [5.74, 6) is -0.618. The van der Waals surface area contributed by atoms with Gasteiger partial charge in [-0.05, 0) is 45.0 Å². The van der Waals surface area contributed by atoms with E-state index in [-0.39, 0.29) is 27.8 Å². The molecule has 32 heavy (non-hydrogen) atoms. The second kappa shape index (κ2) is 8.59. The predicted molar refractivity (Wildman–Crippen MR) is 120 cm³/mol. The number of halogens is 2. The number of hydrogen-bond donors (Lipinski definition) is 0. The molecule has 4 rings (SSSR count). The van der Waals surface area contributed by atoms with E-state index >= 15 is 0 Å². The third-order valence-corrected chi connectivity index (χ3v) is 5.78. The molecule has 0 N–H and O–H groups in total. The normalized spacial score (nSPS) is 11.1. The van der Waals surface area contributed by atoms with Crippen LogP contribution in [0.2, 0.25) is 5.02 Å². The van der Waals surface area contributed by atoms with Crippen molar-refractivity contribution in [2.75, 3.05) is 7.05 Å². The van der Waals surface area contributed by atoms with Crippen molar-refractivity contribution in [1.82, 2.24) is 19.8 Å². The second-order valence-corrected chi connectivity index (χ2v) is 8.02. The van der Waals surface area contributed by atoms with Gasteiger partial charge in [0.2, 0.25) is 0 Å². The van der Waals surface area contributed by atoms with Crippen molar-refractivity contribution < 1.29 is 13.7 Å². The summed E-state index contributed by atoms with van der Waals surface area (Å²) < 4.78 is 21.6. The summed E-state index contributed by atoms with van der Waals surface area (Å²) >= 11 is 6.20. The van der Waals surface area contributed by atoms with Gasteiger partial charge in [0.25, 0.3) is 5.91 Å². The number of carbonyl (C=O) groups is 1. The van der Waals surface area contributed by atoms with E-state index in [1.165, 1.54) is 12.1 Å². The highest BCUT2D eigenvalue weighted by Gasteiger charge is 2.28. The Morgan fingerprint density at radius 1 is 1.12 bits per heavy atom. The van der Waals surface area contributed by atoms with Crippen LogP contribution in [-0.4, -0.2) is 32.8 Å². The average Bonchev–Trinajstić information content (AvgIpc) is 3.28. The second-order valence-electron chi connectivity index (χ2n) is 7.62. The van der Waals surface area contributed by atoms with Crippen LogP contribution in [0.25, 0.3) is 16.9 Å². The van der Waals surface area contributed by atoms with E-state index in [2.05, 4.69) is 10.3 Å². The SMILES string of the molecule is Cc1nn(-c2ccccc2)c(C)c1CN(C)C(=O)c1c(-c2c(F)cccc2Cl)noc1C. The number of carbonyl (C=O) groups excluding carboxylic acids is 1. The Hall–Kier alpha value is -3.45. The van der Waals surface area contributed by atoms with Crippen LogP contribution in [0.15, 0.2) is 53.1 Å². The summed E-state index contributed by atoms with van der Waals surface area (Å²) in [6.45, 7) is 5.82. The Morgan fingerprint density at radius 2 is 1.84 bits per heavy atom. The number of rotatable bonds is 5. The average molecular weight is 453 g/mol. The Kier molecular flexibility index (Phi) is 5.84. The molecule has 0 atom stereocenters. The molecule has 2 aromatic carbocycles. The van der Waals surface area contributed by atoms with Crippen molar-refractivity contribution in [1.29, 1.82) is 0 Å². The Labute approximate surface area is 190 Å². The van der Waals surface area contributed by atoms with Crippen LogP contribution in [0.1, 0.15) is 33.1 Å². The first kappa shape index (κ1) is 21.8. The predicted octanol–water partition coefficient (Wildman–Crippen LogP) is 5.52. The van der Waals surface area contributed by atoms with E-state index in [0.29, 0.717) is 12.3 Å². The molecule has 0 unspecified atom stereocenters. The fourth-order valence-corrected chi connectivity index (χ4v) is 4.00. The maximum absolute atomic E-state index is 14.5. The first-order valence-electron chi connectivity index (χ1n) is 10.1. The summed E-state index contributed by atoms with van der Waals surface area (Å²) in [6, 6.07) is 14.1. The zero-order chi connectivity index (χ0) is 23.0. The molecule has 0 spiro atoms. The molecule has 2 aromatic heterocycles. The van der Waals surface area contributed by atoms with Gasteiger partial charge in [0.15, 0.2) is 0 Å². The molecule has 0 aliphatic heterocycles. The van der Waals surface area contributed by atoms with Crippen LogP contribution in [0.4, 0.5) is 4.39 Å². The highest BCUT2D eigenvalue weighted by atomic mass is 35.5. The molecule has 164 valence electrons. The molecule has 0 saturated heterocycles. The minimum Gasteiger partial charge on any atom is -0.360 e. The van der Waals surface area contributed by atoms with Crippen LogP contribution < -0.4 is 0 Å². The maximum atomic E-state index is 14.5. The molecule has 2 heterocycles. The quantitative estimate of drug-likeness (QED) is 0.400. The Balaban J connectivity index is 1.67. The molecule has 0 bridgehead atoms. The summed E-state index contributed by atoms with van der Waals surface area (Å²) in [5.41, 5.74) is 3.97. The van der Waals surface area contributed by atoms with Gasteiger partial charge in [0.1, 0.15) is 22.8 Å². The molecule has 6 nitrogen and oxygen atoms in total. The monoisotopic (exact) mass is 452 g/mol. The van der Waals surface area contributed by atoms with Crippen LogP contribution >= 0.6 is 11.6 Å². The van der Waals surface area contributed by atoms with Gasteiger partial charge in [-0.3, -0.25) is 4.79 Å². The number of aromatic nitrogens is 3. The van der Waals surface area contributed by atoms with Crippen LogP contribution in [0.5, 0.6) is 0 Å². The van der Waals surface area contributed by atoms with Crippen molar-refractivity contribution in [2.45, 2.75) is 27.3 Å². The zero-order valence-corrected chi connectivity index (χ0v) is 18.9. The highest BCUT2D eigenvalue weighted by Crippen LogP contribution is 2.34. The number of hydrogen-bond acceptors (Lipinski definition) is 4. The fourth-order valence-electron chi connectivity index (χ4n) is 3.74. The molecule has 0 aliphatic carbocycles. The summed E-state index contributed by atoms with van der Waals surface area (Å²) in [7, 11) is 1.68. The third kappa shape index (κ3) is 3.80. The fraction of sp³-hybridized carbons (Fsp3) is 0.208. The molecular formula is C24H22ClFN4O2. The van der Waals surface area contributed by atoms with E-state index in [4.69, 9.17) is 16.1 Å². The highest BCUT2D eigenvalue weighted by molar-refractivity contribution is 6.33. The molecular weight excluding hydrogens is 431 g/mol. The van der Waals surface area contributed by atoms with Gasteiger partial charge >= 0.3 is 0 Å². The maximum Gasteiger partial charge on any atom is 0.259 e. The number of nitrogens with zero attached hydrogens (tertiary/aromatic N) is 4. The lowest BCUT2D eigenvalue weighted by atomic mass is 10.0. The molecule has 0 aliphatic rings. The molecule has 0 radical (unpaired) electrons. The number of benzene rings is 2. The first-order valence-corrected chi connectivity index (χ1v) is 10.4. The van der Waals surface area contributed by atoms with E-state index < -0.39 is 5.82 Å². The van der Waals surface area contributed by atoms with Gasteiger partial charge in [-0.1, -0.05) is 41.0 Å². The number of para-hydroxylation sites is 1. The zero-order valence-electron chi connectivity index (χ0n) is 18.2. The third-order valence-electron chi connectivity index (χ3n) is 5.46. The van der Waals surface area contributed by atoms with Crippen molar-refractivity contribution in [3.8, 4) is 16.9 Å². The lowest BCUT2D eigenvalue weighted by Gasteiger charge is -2.18. The van der Waals surface area contributed by atoms with Gasteiger partial charge in [-0.2, -0.15) is 5.10 Å². The van der Waals surface area contributed by atoms with E-state index in [1.807, 2.05) is 48.9 Å². The molecule has 0 fully saturated rings. The van der Waals surface area contributed by atoms with Gasteiger partial charge < -0.3 is 9.42 Å². The standard InChI is InChI=1S/C24H22ClFN4O2/c1-14-18(15(2)30(27-14)17-9-6-5-7-10-17)13-29(4)24(31)21-16(3)32-28-23(21)22-19(25)11-8-12-20(22)26/h5-12H,13H2,1-4H3. The van der Waals surface area contributed by atoms with E-state index in [9.17, 15) is 9.18 Å². The summed E-state index contributed by atoms with van der Waals surface area (Å²) in [4.78, 5) is 14.9. The van der Waals surface area contributed by atoms with Gasteiger partial charge in [0.05, 0.1) is 22.0 Å². The lowest BCUT2D eigenvalue weighted by molar-refractivity contribution is 0.0783. The van der Waals surface area contributed by atoms with E-state index in [0.717, 1.165) is 22.6 Å². The molecule has 1 amide bonds. The van der Waals surface area contributed by atoms with E-state index in [1.54, 1.807) is 24.9 Å². The summed E-state index contributed by atoms with van der Waals surface area (Å²) in [5, 5.41) is 8.73. The van der Waals surface area contributed by atoms with Crippen LogP contribution in [0, 0.1) is 26.6 Å². The van der Waals surface area contributed by atoms with Gasteiger partial charge in [0, 0.05) is 24.8 Å². The molecule has 8 heteroatoms. The topological polar surface area (TPSA) is 64.2 Å². The van der Waals surface area contributed by atoms with Crippen LogP contribution in [0.3, 0.4) is 0 Å². The van der Waals surface area contributed by atoms with Gasteiger partial charge in [-0.25, -0.2) is 9.07 Å². The number of aryl methyl sites for hydroxylation is 2. The van der Waals surface area contributed by atoms with Crippen molar-refractivity contribution >= 4 is 17.5 Å². The largest absolute Gasteiger partial charge is 0.360 e. The molecule has 0 saturated carbocycles. The lowest BCUT2D eigenvalue weighted by Crippen LogP contribution is -2.27. The van der Waals surface area contributed by atoms with Crippen LogP contribution in [-0.2, 0) is 6.54 Å². The summed E-state index contributed by atoms with van der Waals surface area (Å²) in [6.07, 6.45) is 0. The van der Waals surface area contributed by atoms with Crippen molar-refractivity contribution in [3.05, 3.63) is 87.6 Å². The van der Waals surface area contributed by atoms with Gasteiger partial charge in [-0.15, -0.1) is 0 Å².